The second kappa shape index (κ2) is 8.96. The maximum atomic E-state index is 12.4. The topological polar surface area (TPSA) is 92.3 Å². The van der Waals surface area contributed by atoms with Gasteiger partial charge in [-0.05, 0) is 17.9 Å². The Bertz CT molecular complexity index is 781. The fourth-order valence-corrected chi connectivity index (χ4v) is 3.07. The number of rotatable bonds is 6. The van der Waals surface area contributed by atoms with Gasteiger partial charge in [-0.1, -0.05) is 45.0 Å². The van der Waals surface area contributed by atoms with Crippen LogP contribution in [0.25, 0.3) is 11.3 Å². The maximum absolute atomic E-state index is 12.4. The molecule has 2 rings (SSSR count). The van der Waals surface area contributed by atoms with E-state index < -0.39 is 17.6 Å². The van der Waals surface area contributed by atoms with Gasteiger partial charge in [0.25, 0.3) is 5.91 Å². The zero-order valence-electron chi connectivity index (χ0n) is 16.3. The lowest BCUT2D eigenvalue weighted by Crippen LogP contribution is -2.56. The number of nitrogens with one attached hydrogen (secondary N) is 3. The monoisotopic (exact) mass is 390 g/mol. The molecule has 27 heavy (non-hydrogen) atoms. The summed E-state index contributed by atoms with van der Waals surface area (Å²) in [7, 11) is 1.27. The largest absolute Gasteiger partial charge is 0.453 e. The van der Waals surface area contributed by atoms with Crippen molar-refractivity contribution in [3.05, 3.63) is 40.2 Å². The molecule has 1 aromatic carbocycles. The first kappa shape index (κ1) is 20.9. The zero-order chi connectivity index (χ0) is 20.0. The second-order valence-electron chi connectivity index (χ2n) is 7.23. The summed E-state index contributed by atoms with van der Waals surface area (Å²) in [6.07, 6.45) is -0.641. The molecule has 0 spiro atoms. The zero-order valence-corrected chi connectivity index (χ0v) is 17.1. The van der Waals surface area contributed by atoms with Crippen LogP contribution in [0.4, 0.5) is 4.79 Å². The Labute approximate surface area is 163 Å². The lowest BCUT2D eigenvalue weighted by molar-refractivity contribution is -0.126. The van der Waals surface area contributed by atoms with Crippen LogP contribution < -0.4 is 16.2 Å². The van der Waals surface area contributed by atoms with Gasteiger partial charge in [0.1, 0.15) is 6.04 Å². The molecule has 1 heterocycles. The van der Waals surface area contributed by atoms with Crippen molar-refractivity contribution < 1.29 is 14.3 Å². The molecule has 0 bridgehead atoms. The van der Waals surface area contributed by atoms with Gasteiger partial charge in [0.15, 0.2) is 0 Å². The third-order valence-corrected chi connectivity index (χ3v) is 4.72. The Balaban J connectivity index is 1.90. The van der Waals surface area contributed by atoms with Gasteiger partial charge >= 0.3 is 6.09 Å². The van der Waals surface area contributed by atoms with Crippen molar-refractivity contribution in [2.24, 2.45) is 5.41 Å². The highest BCUT2D eigenvalue weighted by molar-refractivity contribution is 7.09. The van der Waals surface area contributed by atoms with Crippen molar-refractivity contribution >= 4 is 23.3 Å². The highest BCUT2D eigenvalue weighted by Gasteiger charge is 2.33. The predicted molar refractivity (Wildman–Crippen MR) is 106 cm³/mol. The molecule has 1 aromatic heterocycles. The third-order valence-electron chi connectivity index (χ3n) is 3.95. The van der Waals surface area contributed by atoms with Crippen LogP contribution in [0.1, 0.15) is 31.3 Å². The summed E-state index contributed by atoms with van der Waals surface area (Å²) >= 11 is 1.62. The van der Waals surface area contributed by atoms with E-state index in [-0.39, 0.29) is 5.91 Å². The molecule has 8 heteroatoms. The van der Waals surface area contributed by atoms with Crippen LogP contribution in [-0.4, -0.2) is 30.1 Å². The number of thiazole rings is 1. The molecular weight excluding hydrogens is 364 g/mol. The van der Waals surface area contributed by atoms with Crippen molar-refractivity contribution in [3.8, 4) is 11.3 Å². The van der Waals surface area contributed by atoms with E-state index in [9.17, 15) is 9.59 Å². The molecule has 0 radical (unpaired) electrons. The standard InChI is InChI=1S/C19H26N4O3S/c1-12-21-15(11-27-12)14-8-6-13(7-9-14)10-20-23-17(24)16(19(2,3)4)22-18(25)26-5/h6-9,11,16,20H,10H2,1-5H3,(H,22,25)(H,23,24)/t16-/m1/s1. The molecule has 2 amide bonds. The number of hydrazine groups is 1. The lowest BCUT2D eigenvalue weighted by Gasteiger charge is -2.29. The van der Waals surface area contributed by atoms with Gasteiger partial charge in [-0.2, -0.15) is 0 Å². The Kier molecular flexibility index (Phi) is 6.92. The molecule has 0 saturated carbocycles. The molecule has 146 valence electrons. The van der Waals surface area contributed by atoms with Crippen molar-refractivity contribution in [1.82, 2.24) is 21.2 Å². The maximum Gasteiger partial charge on any atom is 0.407 e. The summed E-state index contributed by atoms with van der Waals surface area (Å²) in [5.74, 6) is -0.331. The van der Waals surface area contributed by atoms with Crippen LogP contribution in [0, 0.1) is 12.3 Å². The van der Waals surface area contributed by atoms with Crippen molar-refractivity contribution in [2.45, 2.75) is 40.3 Å². The quantitative estimate of drug-likeness (QED) is 0.660. The summed E-state index contributed by atoms with van der Waals surface area (Å²) < 4.78 is 4.59. The van der Waals surface area contributed by atoms with Crippen LogP contribution in [-0.2, 0) is 16.1 Å². The van der Waals surface area contributed by atoms with Crippen LogP contribution >= 0.6 is 11.3 Å². The molecular formula is C19H26N4O3S. The number of alkyl carbamates (subject to hydrolysis) is 1. The highest BCUT2D eigenvalue weighted by Crippen LogP contribution is 2.22. The number of carbonyl (C=O) groups is 2. The van der Waals surface area contributed by atoms with E-state index in [0.717, 1.165) is 21.8 Å². The molecule has 0 aliphatic carbocycles. The van der Waals surface area contributed by atoms with E-state index in [1.165, 1.54) is 7.11 Å². The minimum absolute atomic E-state index is 0.331. The van der Waals surface area contributed by atoms with Gasteiger partial charge in [-0.15, -0.1) is 11.3 Å². The Morgan fingerprint density at radius 1 is 1.22 bits per heavy atom. The Hall–Kier alpha value is -2.45. The second-order valence-corrected chi connectivity index (χ2v) is 8.29. The molecule has 0 aliphatic rings. The first-order valence-corrected chi connectivity index (χ1v) is 9.47. The van der Waals surface area contributed by atoms with Crippen LogP contribution in [0.15, 0.2) is 29.6 Å². The third kappa shape index (κ3) is 6.04. The summed E-state index contributed by atoms with van der Waals surface area (Å²) in [4.78, 5) is 28.4. The van der Waals surface area contributed by atoms with E-state index in [0.29, 0.717) is 6.54 Å². The smallest absolute Gasteiger partial charge is 0.407 e. The lowest BCUT2D eigenvalue weighted by atomic mass is 9.86. The minimum Gasteiger partial charge on any atom is -0.453 e. The van der Waals surface area contributed by atoms with Gasteiger partial charge in [-0.3, -0.25) is 10.2 Å². The predicted octanol–water partition coefficient (Wildman–Crippen LogP) is 3.01. The fourth-order valence-electron chi connectivity index (χ4n) is 2.45. The number of ether oxygens (including phenoxy) is 1. The summed E-state index contributed by atoms with van der Waals surface area (Å²) in [6.45, 7) is 8.04. The van der Waals surface area contributed by atoms with Gasteiger partial charge in [0, 0.05) is 17.5 Å². The summed E-state index contributed by atoms with van der Waals surface area (Å²) in [6, 6.07) is 7.25. The molecule has 2 aromatic rings. The SMILES string of the molecule is COC(=O)N[C@H](C(=O)NNCc1ccc(-c2csc(C)n2)cc1)C(C)(C)C. The van der Waals surface area contributed by atoms with E-state index in [2.05, 4.69) is 25.9 Å². The fraction of sp³-hybridized carbons (Fsp3) is 0.421. The van der Waals surface area contributed by atoms with Gasteiger partial charge in [0.2, 0.25) is 0 Å². The average Bonchev–Trinajstić information content (AvgIpc) is 3.05. The van der Waals surface area contributed by atoms with Crippen molar-refractivity contribution in [1.29, 1.82) is 0 Å². The average molecular weight is 391 g/mol. The van der Waals surface area contributed by atoms with Crippen LogP contribution in [0.5, 0.6) is 0 Å². The van der Waals surface area contributed by atoms with E-state index in [1.807, 2.05) is 57.3 Å². The normalized spacial score (nSPS) is 12.3. The number of aryl methyl sites for hydroxylation is 1. The first-order chi connectivity index (χ1) is 12.7. The number of hydrogen-bond donors (Lipinski definition) is 3. The van der Waals surface area contributed by atoms with Crippen molar-refractivity contribution in [2.75, 3.05) is 7.11 Å². The molecule has 1 atom stereocenters. The van der Waals surface area contributed by atoms with Crippen LogP contribution in [0.2, 0.25) is 0 Å². The van der Waals surface area contributed by atoms with Gasteiger partial charge < -0.3 is 10.1 Å². The van der Waals surface area contributed by atoms with Crippen molar-refractivity contribution in [3.63, 3.8) is 0 Å². The number of benzene rings is 1. The minimum atomic E-state index is -0.729. The number of methoxy groups -OCH3 is 1. The van der Waals surface area contributed by atoms with Gasteiger partial charge in [0.05, 0.1) is 17.8 Å². The number of hydrogen-bond acceptors (Lipinski definition) is 6. The summed E-state index contributed by atoms with van der Waals surface area (Å²) in [5, 5.41) is 5.63. The van der Waals surface area contributed by atoms with E-state index in [4.69, 9.17) is 0 Å². The Morgan fingerprint density at radius 3 is 2.41 bits per heavy atom. The number of amides is 2. The molecule has 0 unspecified atom stereocenters. The van der Waals surface area contributed by atoms with Crippen LogP contribution in [0.3, 0.4) is 0 Å². The van der Waals surface area contributed by atoms with Gasteiger partial charge in [-0.25, -0.2) is 15.2 Å². The molecule has 7 nitrogen and oxygen atoms in total. The Morgan fingerprint density at radius 2 is 1.89 bits per heavy atom. The number of nitrogens with zero attached hydrogens (tertiary/aromatic N) is 1. The molecule has 3 N–H and O–H groups in total. The number of carbonyl (C=O) groups excluding carboxylic acids is 2. The molecule has 0 saturated heterocycles. The highest BCUT2D eigenvalue weighted by atomic mass is 32.1. The molecule has 0 fully saturated rings. The number of aromatic nitrogens is 1. The van der Waals surface area contributed by atoms with E-state index in [1.54, 1.807) is 11.3 Å². The first-order valence-electron chi connectivity index (χ1n) is 8.59. The summed E-state index contributed by atoms with van der Waals surface area (Å²) in [5.41, 5.74) is 8.12. The molecule has 0 aliphatic heterocycles. The van der Waals surface area contributed by atoms with E-state index >= 15 is 0 Å².